The number of rotatable bonds is 4. The summed E-state index contributed by atoms with van der Waals surface area (Å²) in [6.07, 6.45) is 0. The Bertz CT molecular complexity index is 3170. The molecule has 0 radical (unpaired) electrons. The Balaban J connectivity index is 0.953. The van der Waals surface area contributed by atoms with Gasteiger partial charge in [0.25, 0.3) is 0 Å². The van der Waals surface area contributed by atoms with Gasteiger partial charge in [-0.15, -0.1) is 11.3 Å². The van der Waals surface area contributed by atoms with Crippen LogP contribution in [0, 0.1) is 0 Å². The maximum absolute atomic E-state index is 6.79. The highest BCUT2D eigenvalue weighted by Crippen LogP contribution is 2.62. The van der Waals surface area contributed by atoms with E-state index in [1.165, 1.54) is 59.1 Å². The van der Waals surface area contributed by atoms with Gasteiger partial charge in [-0.1, -0.05) is 164 Å². The predicted molar refractivity (Wildman–Crippen MR) is 236 cm³/mol. The number of para-hydroxylation sites is 1. The van der Waals surface area contributed by atoms with Crippen molar-refractivity contribution in [2.24, 2.45) is 0 Å². The molecule has 2 aliphatic rings. The van der Waals surface area contributed by atoms with E-state index in [-0.39, 0.29) is 0 Å². The molecule has 0 saturated carbocycles. The van der Waals surface area contributed by atoms with E-state index in [0.717, 1.165) is 50.7 Å². The average molecular weight is 744 g/mol. The Labute approximate surface area is 335 Å². The third-order valence-electron chi connectivity index (χ3n) is 12.0. The Hall–Kier alpha value is -7.07. The molecule has 3 heterocycles. The van der Waals surface area contributed by atoms with Gasteiger partial charge in [0, 0.05) is 42.4 Å². The molecule has 12 rings (SSSR count). The van der Waals surface area contributed by atoms with E-state index in [9.17, 15) is 0 Å². The summed E-state index contributed by atoms with van der Waals surface area (Å²) in [6.45, 7) is 0. The molecule has 0 atom stereocenters. The molecule has 266 valence electrons. The molecule has 1 aliphatic heterocycles. The molecule has 2 nitrogen and oxygen atoms in total. The first-order valence-corrected chi connectivity index (χ1v) is 20.3. The van der Waals surface area contributed by atoms with Gasteiger partial charge in [-0.05, 0) is 80.9 Å². The lowest BCUT2D eigenvalue weighted by Crippen LogP contribution is -2.32. The van der Waals surface area contributed by atoms with Crippen molar-refractivity contribution in [2.45, 2.75) is 5.41 Å². The number of nitrogens with zero attached hydrogens (tertiary/aromatic N) is 1. The summed E-state index contributed by atoms with van der Waals surface area (Å²) in [5.41, 5.74) is 15.7. The number of pyridine rings is 1. The van der Waals surface area contributed by atoms with Crippen molar-refractivity contribution in [1.29, 1.82) is 0 Å². The number of hydrogen-bond acceptors (Lipinski definition) is 3. The fraction of sp³-hybridized carbons (Fsp3) is 0.0185. The van der Waals surface area contributed by atoms with Gasteiger partial charge >= 0.3 is 0 Å². The lowest BCUT2D eigenvalue weighted by molar-refractivity contribution is 0.436. The van der Waals surface area contributed by atoms with Crippen LogP contribution in [-0.4, -0.2) is 4.98 Å². The standard InChI is InChI=1S/C54H33NOS/c1-2-12-34(13-3-1)39-30-48(55-49(31-39)38-26-28-43-42-16-6-11-21-52(42)57-53(43)33-38)36-24-22-35(23-25-36)37-27-29-47-51(32-37)56-50-20-10-9-19-46(50)54(47)44-17-7-4-14-40(44)41-15-5-8-18-45(41)54/h1-33H. The zero-order chi connectivity index (χ0) is 37.5. The van der Waals surface area contributed by atoms with E-state index < -0.39 is 5.41 Å². The molecular weight excluding hydrogens is 711 g/mol. The van der Waals surface area contributed by atoms with Gasteiger partial charge in [-0.3, -0.25) is 0 Å². The minimum absolute atomic E-state index is 0.464. The number of thiophene rings is 1. The quantitative estimate of drug-likeness (QED) is 0.179. The summed E-state index contributed by atoms with van der Waals surface area (Å²) >= 11 is 1.84. The molecule has 10 aromatic rings. The van der Waals surface area contributed by atoms with E-state index in [0.29, 0.717) is 0 Å². The first-order valence-electron chi connectivity index (χ1n) is 19.4. The SMILES string of the molecule is c1ccc(-c2cc(-c3ccc(-c4ccc5c(c4)Oc4ccccc4C54c5ccccc5-c5ccccc54)cc3)nc(-c3ccc4c(c3)sc3ccccc34)c2)cc1. The van der Waals surface area contributed by atoms with E-state index in [1.54, 1.807) is 0 Å². The smallest absolute Gasteiger partial charge is 0.132 e. The summed E-state index contributed by atoms with van der Waals surface area (Å²) in [6, 6.07) is 72.3. The Morgan fingerprint density at radius 2 is 0.912 bits per heavy atom. The molecule has 0 bridgehead atoms. The predicted octanol–water partition coefficient (Wildman–Crippen LogP) is 14.6. The van der Waals surface area contributed by atoms with Crippen LogP contribution in [0.4, 0.5) is 0 Å². The molecule has 0 fully saturated rings. The lowest BCUT2D eigenvalue weighted by atomic mass is 9.66. The first kappa shape index (κ1) is 32.2. The van der Waals surface area contributed by atoms with Crippen LogP contribution < -0.4 is 4.74 Å². The summed E-state index contributed by atoms with van der Waals surface area (Å²) in [5.74, 6) is 1.79. The highest BCUT2D eigenvalue weighted by atomic mass is 32.1. The Kier molecular flexibility index (Phi) is 7.05. The Morgan fingerprint density at radius 3 is 1.70 bits per heavy atom. The van der Waals surface area contributed by atoms with Crippen LogP contribution in [0.5, 0.6) is 11.5 Å². The number of benzene rings is 8. The van der Waals surface area contributed by atoms with Crippen LogP contribution in [0.2, 0.25) is 0 Å². The summed E-state index contributed by atoms with van der Waals surface area (Å²) in [5, 5.41) is 2.60. The second kappa shape index (κ2) is 12.5. The van der Waals surface area contributed by atoms with E-state index in [4.69, 9.17) is 9.72 Å². The average Bonchev–Trinajstić information content (AvgIpc) is 3.80. The summed E-state index contributed by atoms with van der Waals surface area (Å²) < 4.78 is 9.37. The number of hydrogen-bond donors (Lipinski definition) is 0. The molecule has 0 N–H and O–H groups in total. The van der Waals surface area contributed by atoms with Crippen LogP contribution >= 0.6 is 11.3 Å². The maximum Gasteiger partial charge on any atom is 0.132 e. The third kappa shape index (κ3) is 4.86. The number of aromatic nitrogens is 1. The van der Waals surface area contributed by atoms with Crippen LogP contribution in [0.1, 0.15) is 22.3 Å². The van der Waals surface area contributed by atoms with Gasteiger partial charge in [0.1, 0.15) is 11.5 Å². The van der Waals surface area contributed by atoms with Crippen molar-refractivity contribution in [2.75, 3.05) is 0 Å². The number of ether oxygens (including phenoxy) is 1. The molecule has 57 heavy (non-hydrogen) atoms. The van der Waals surface area contributed by atoms with Gasteiger partial charge < -0.3 is 4.74 Å². The highest BCUT2D eigenvalue weighted by molar-refractivity contribution is 7.25. The zero-order valence-corrected chi connectivity index (χ0v) is 31.6. The van der Waals surface area contributed by atoms with Crippen molar-refractivity contribution >= 4 is 31.5 Å². The first-order chi connectivity index (χ1) is 28.2. The highest BCUT2D eigenvalue weighted by Gasteiger charge is 2.50. The van der Waals surface area contributed by atoms with E-state index >= 15 is 0 Å². The second-order valence-corrected chi connectivity index (χ2v) is 16.1. The van der Waals surface area contributed by atoms with Crippen molar-refractivity contribution in [3.8, 4) is 67.4 Å². The molecule has 8 aromatic carbocycles. The lowest BCUT2D eigenvalue weighted by Gasteiger charge is -2.39. The molecule has 1 aliphatic carbocycles. The molecule has 3 heteroatoms. The summed E-state index contributed by atoms with van der Waals surface area (Å²) in [7, 11) is 0. The molecule has 0 unspecified atom stereocenters. The topological polar surface area (TPSA) is 22.1 Å². The van der Waals surface area contributed by atoms with Crippen LogP contribution in [0.25, 0.3) is 76.1 Å². The maximum atomic E-state index is 6.79. The molecule has 0 amide bonds. The van der Waals surface area contributed by atoms with Gasteiger partial charge in [0.05, 0.1) is 16.8 Å². The molecule has 2 aromatic heterocycles. The minimum atomic E-state index is -0.464. The van der Waals surface area contributed by atoms with Gasteiger partial charge in [-0.2, -0.15) is 0 Å². The van der Waals surface area contributed by atoms with Crippen molar-refractivity contribution in [3.63, 3.8) is 0 Å². The molecule has 0 saturated heterocycles. The fourth-order valence-corrected chi connectivity index (χ4v) is 10.5. The Morgan fingerprint density at radius 1 is 0.351 bits per heavy atom. The number of fused-ring (bicyclic) bond motifs is 12. The zero-order valence-electron chi connectivity index (χ0n) is 30.8. The van der Waals surface area contributed by atoms with Gasteiger partial charge in [0.15, 0.2) is 0 Å². The van der Waals surface area contributed by atoms with Crippen molar-refractivity contribution < 1.29 is 4.74 Å². The minimum Gasteiger partial charge on any atom is -0.457 e. The second-order valence-electron chi connectivity index (χ2n) is 15.0. The van der Waals surface area contributed by atoms with Crippen LogP contribution in [0.3, 0.4) is 0 Å². The van der Waals surface area contributed by atoms with Crippen LogP contribution in [0.15, 0.2) is 200 Å². The van der Waals surface area contributed by atoms with Crippen LogP contribution in [-0.2, 0) is 5.41 Å². The van der Waals surface area contributed by atoms with E-state index in [1.807, 2.05) is 11.3 Å². The normalized spacial score (nSPS) is 13.2. The van der Waals surface area contributed by atoms with Crippen molar-refractivity contribution in [3.05, 3.63) is 222 Å². The summed E-state index contributed by atoms with van der Waals surface area (Å²) in [4.78, 5) is 5.30. The molecular formula is C54H33NOS. The van der Waals surface area contributed by atoms with Crippen molar-refractivity contribution in [1.82, 2.24) is 4.98 Å². The largest absolute Gasteiger partial charge is 0.457 e. The molecule has 1 spiro atoms. The van der Waals surface area contributed by atoms with Gasteiger partial charge in [0.2, 0.25) is 0 Å². The monoisotopic (exact) mass is 743 g/mol. The third-order valence-corrected chi connectivity index (χ3v) is 13.1. The van der Waals surface area contributed by atoms with E-state index in [2.05, 4.69) is 200 Å². The fourth-order valence-electron chi connectivity index (χ4n) is 9.38. The van der Waals surface area contributed by atoms with Gasteiger partial charge in [-0.25, -0.2) is 4.98 Å².